The molecule has 0 aromatic carbocycles. The fourth-order valence-electron chi connectivity index (χ4n) is 3.27. The quantitative estimate of drug-likeness (QED) is 0.556. The topological polar surface area (TPSA) is 86.4 Å². The maximum Gasteiger partial charge on any atom is 0.410 e. The van der Waals surface area contributed by atoms with Gasteiger partial charge in [-0.3, -0.25) is 9.89 Å². The summed E-state index contributed by atoms with van der Waals surface area (Å²) in [5.41, 5.74) is 0.492. The summed E-state index contributed by atoms with van der Waals surface area (Å²) in [4.78, 5) is 22.9. The third-order valence-electron chi connectivity index (χ3n) is 5.13. The lowest BCUT2D eigenvalue weighted by molar-refractivity contribution is 0.0230. The second-order valence-corrected chi connectivity index (χ2v) is 8.90. The second kappa shape index (κ2) is 10.7. The minimum atomic E-state index is -0.486. The van der Waals surface area contributed by atoms with Crippen molar-refractivity contribution in [2.45, 2.75) is 59.2 Å². The molecule has 1 aliphatic heterocycles. The van der Waals surface area contributed by atoms with Crippen LogP contribution in [0.3, 0.4) is 0 Å². The highest BCUT2D eigenvalue weighted by Gasteiger charge is 2.24. The molecule has 1 fully saturated rings. The number of amides is 1. The number of guanidine groups is 1. The van der Waals surface area contributed by atoms with Crippen molar-refractivity contribution >= 4 is 12.1 Å². The van der Waals surface area contributed by atoms with Crippen LogP contribution in [0.1, 0.15) is 45.6 Å². The molecule has 1 amide bonds. The van der Waals surface area contributed by atoms with Crippen LogP contribution in [-0.4, -0.2) is 90.4 Å². The van der Waals surface area contributed by atoms with E-state index in [2.05, 4.69) is 25.3 Å². The van der Waals surface area contributed by atoms with Crippen LogP contribution >= 0.6 is 0 Å². The molecule has 170 valence electrons. The van der Waals surface area contributed by atoms with Gasteiger partial charge in [-0.05, 0) is 41.0 Å². The van der Waals surface area contributed by atoms with Gasteiger partial charge in [0.25, 0.3) is 0 Å². The summed E-state index contributed by atoms with van der Waals surface area (Å²) in [6, 6.07) is 2.05. The highest BCUT2D eigenvalue weighted by Crippen LogP contribution is 2.12. The predicted molar refractivity (Wildman–Crippen MR) is 118 cm³/mol. The molecule has 2 rings (SSSR count). The van der Waals surface area contributed by atoms with Gasteiger partial charge in [-0.1, -0.05) is 5.16 Å². The number of ether oxygens (including phenoxy) is 1. The van der Waals surface area contributed by atoms with Crippen molar-refractivity contribution in [2.24, 2.45) is 4.99 Å². The fraction of sp³-hybridized carbons (Fsp3) is 0.762. The van der Waals surface area contributed by atoms with Gasteiger partial charge in [0.2, 0.25) is 0 Å². The SMILES string of the molecule is CN=C(NCCC(C)N(C)C(=O)OC(C)(C)C)N1CCN(Cc2cc(C)on2)CC1. The Balaban J connectivity index is 1.72. The Morgan fingerprint density at radius 3 is 2.57 bits per heavy atom. The summed E-state index contributed by atoms with van der Waals surface area (Å²) in [5, 5.41) is 7.51. The van der Waals surface area contributed by atoms with Crippen LogP contribution in [0.15, 0.2) is 15.6 Å². The minimum absolute atomic E-state index is 0.0632. The van der Waals surface area contributed by atoms with Crippen LogP contribution in [0.2, 0.25) is 0 Å². The number of aromatic nitrogens is 1. The molecule has 9 nitrogen and oxygen atoms in total. The van der Waals surface area contributed by atoms with Crippen LogP contribution in [0, 0.1) is 6.92 Å². The second-order valence-electron chi connectivity index (χ2n) is 8.90. The molecule has 1 atom stereocenters. The Morgan fingerprint density at radius 1 is 1.37 bits per heavy atom. The van der Waals surface area contributed by atoms with Crippen molar-refractivity contribution in [2.75, 3.05) is 46.8 Å². The number of aliphatic imine (C=N–C) groups is 1. The summed E-state index contributed by atoms with van der Waals surface area (Å²) in [5.74, 6) is 1.75. The lowest BCUT2D eigenvalue weighted by Crippen LogP contribution is -2.52. The molecule has 1 aliphatic rings. The zero-order chi connectivity index (χ0) is 22.3. The summed E-state index contributed by atoms with van der Waals surface area (Å²) in [6.07, 6.45) is 0.512. The van der Waals surface area contributed by atoms with Crippen LogP contribution < -0.4 is 5.32 Å². The van der Waals surface area contributed by atoms with E-state index in [-0.39, 0.29) is 12.1 Å². The molecule has 1 N–H and O–H groups in total. The number of nitrogens with zero attached hydrogens (tertiary/aromatic N) is 5. The largest absolute Gasteiger partial charge is 0.444 e. The van der Waals surface area contributed by atoms with Gasteiger partial charge in [0.15, 0.2) is 5.96 Å². The highest BCUT2D eigenvalue weighted by molar-refractivity contribution is 5.80. The van der Waals surface area contributed by atoms with E-state index < -0.39 is 5.60 Å². The van der Waals surface area contributed by atoms with Gasteiger partial charge in [0.05, 0.1) is 5.69 Å². The maximum absolute atomic E-state index is 12.2. The fourth-order valence-corrected chi connectivity index (χ4v) is 3.27. The Kier molecular flexibility index (Phi) is 8.52. The first kappa shape index (κ1) is 24.0. The number of carbonyl (C=O) groups excluding carboxylic acids is 1. The molecule has 0 spiro atoms. The molecule has 0 saturated carbocycles. The van der Waals surface area contributed by atoms with Gasteiger partial charge in [-0.25, -0.2) is 4.79 Å². The van der Waals surface area contributed by atoms with E-state index >= 15 is 0 Å². The summed E-state index contributed by atoms with van der Waals surface area (Å²) < 4.78 is 10.6. The number of aryl methyl sites for hydroxylation is 1. The third kappa shape index (κ3) is 7.51. The van der Waals surface area contributed by atoms with Gasteiger partial charge in [-0.2, -0.15) is 0 Å². The average Bonchev–Trinajstić information content (AvgIpc) is 3.08. The normalized spacial score (nSPS) is 17.0. The molecule has 1 aromatic heterocycles. The first-order valence-electron chi connectivity index (χ1n) is 10.6. The number of rotatable bonds is 6. The van der Waals surface area contributed by atoms with Crippen molar-refractivity contribution in [3.8, 4) is 0 Å². The molecule has 0 radical (unpaired) electrons. The standard InChI is InChI=1S/C21H38N6O3/c1-16(25(7)20(28)29-21(3,4)5)8-9-23-19(22-6)27-12-10-26(11-13-27)15-18-14-17(2)30-24-18/h14,16H,8-13,15H2,1-7H3,(H,22,23). The van der Waals surface area contributed by atoms with Crippen LogP contribution in [-0.2, 0) is 11.3 Å². The molecule has 0 aliphatic carbocycles. The zero-order valence-electron chi connectivity index (χ0n) is 19.6. The molecule has 30 heavy (non-hydrogen) atoms. The lowest BCUT2D eigenvalue weighted by atomic mass is 10.2. The molecular weight excluding hydrogens is 384 g/mol. The molecule has 1 unspecified atom stereocenters. The number of nitrogens with one attached hydrogen (secondary N) is 1. The van der Waals surface area contributed by atoms with E-state index in [1.165, 1.54) is 0 Å². The first-order valence-corrected chi connectivity index (χ1v) is 10.6. The Morgan fingerprint density at radius 2 is 2.03 bits per heavy atom. The number of carbonyl (C=O) groups is 1. The summed E-state index contributed by atoms with van der Waals surface area (Å²) in [7, 11) is 3.59. The van der Waals surface area contributed by atoms with E-state index in [4.69, 9.17) is 9.26 Å². The van der Waals surface area contributed by atoms with Crippen molar-refractivity contribution < 1.29 is 14.1 Å². The Labute approximate surface area is 180 Å². The van der Waals surface area contributed by atoms with Gasteiger partial charge < -0.3 is 24.4 Å². The van der Waals surface area contributed by atoms with E-state index in [0.717, 1.165) is 63.1 Å². The zero-order valence-corrected chi connectivity index (χ0v) is 19.6. The molecule has 0 bridgehead atoms. The van der Waals surface area contributed by atoms with Crippen molar-refractivity contribution in [3.63, 3.8) is 0 Å². The van der Waals surface area contributed by atoms with Gasteiger partial charge >= 0.3 is 6.09 Å². The molecule has 1 saturated heterocycles. The van der Waals surface area contributed by atoms with Gasteiger partial charge in [-0.15, -0.1) is 0 Å². The number of piperazine rings is 1. The van der Waals surface area contributed by atoms with Crippen molar-refractivity contribution in [1.82, 2.24) is 25.2 Å². The van der Waals surface area contributed by atoms with E-state index in [1.807, 2.05) is 47.7 Å². The third-order valence-corrected chi connectivity index (χ3v) is 5.13. The summed E-state index contributed by atoms with van der Waals surface area (Å²) in [6.45, 7) is 14.8. The Bertz CT molecular complexity index is 704. The first-order chi connectivity index (χ1) is 14.1. The molecule has 2 heterocycles. The smallest absolute Gasteiger partial charge is 0.410 e. The summed E-state index contributed by atoms with van der Waals surface area (Å²) >= 11 is 0. The maximum atomic E-state index is 12.2. The number of hydrogen-bond acceptors (Lipinski definition) is 6. The molecule has 9 heteroatoms. The molecule has 1 aromatic rings. The average molecular weight is 423 g/mol. The highest BCUT2D eigenvalue weighted by atomic mass is 16.6. The van der Waals surface area contributed by atoms with Crippen molar-refractivity contribution in [3.05, 3.63) is 17.5 Å². The van der Waals surface area contributed by atoms with Crippen LogP contribution in [0.4, 0.5) is 4.79 Å². The monoisotopic (exact) mass is 422 g/mol. The Hall–Kier alpha value is -2.29. The number of hydrogen-bond donors (Lipinski definition) is 1. The van der Waals surface area contributed by atoms with Gasteiger partial charge in [0, 0.05) is 65.5 Å². The van der Waals surface area contributed by atoms with Crippen LogP contribution in [0.5, 0.6) is 0 Å². The van der Waals surface area contributed by atoms with Gasteiger partial charge in [0.1, 0.15) is 11.4 Å². The van der Waals surface area contributed by atoms with E-state index in [1.54, 1.807) is 11.9 Å². The predicted octanol–water partition coefficient (Wildman–Crippen LogP) is 2.32. The van der Waals surface area contributed by atoms with Crippen LogP contribution in [0.25, 0.3) is 0 Å². The lowest BCUT2D eigenvalue weighted by Gasteiger charge is -2.36. The van der Waals surface area contributed by atoms with Crippen molar-refractivity contribution in [1.29, 1.82) is 0 Å². The molecular formula is C21H38N6O3. The van der Waals surface area contributed by atoms with E-state index in [9.17, 15) is 4.79 Å². The minimum Gasteiger partial charge on any atom is -0.444 e. The van der Waals surface area contributed by atoms with E-state index in [0.29, 0.717) is 0 Å².